The van der Waals surface area contributed by atoms with Crippen LogP contribution in [0.25, 0.3) is 0 Å². The van der Waals surface area contributed by atoms with Crippen molar-refractivity contribution in [1.29, 1.82) is 0 Å². The molecule has 2 aromatic carbocycles. The van der Waals surface area contributed by atoms with Crippen LogP contribution in [0.1, 0.15) is 58.6 Å². The van der Waals surface area contributed by atoms with Gasteiger partial charge in [0, 0.05) is 37.0 Å². The first-order valence-corrected chi connectivity index (χ1v) is 13.3. The van der Waals surface area contributed by atoms with E-state index in [9.17, 15) is 14.4 Å². The molecule has 2 N–H and O–H groups in total. The van der Waals surface area contributed by atoms with Gasteiger partial charge >= 0.3 is 0 Å². The second-order valence-corrected chi connectivity index (χ2v) is 10.4. The maximum absolute atomic E-state index is 13.0. The zero-order chi connectivity index (χ0) is 26.1. The molecule has 0 spiro atoms. The highest BCUT2D eigenvalue weighted by Gasteiger charge is 2.39. The summed E-state index contributed by atoms with van der Waals surface area (Å²) in [4.78, 5) is 45.3. The Labute approximate surface area is 222 Å². The number of aromatic nitrogens is 1. The van der Waals surface area contributed by atoms with Gasteiger partial charge in [-0.25, -0.2) is 4.98 Å². The molecule has 8 nitrogen and oxygen atoms in total. The molecule has 6 rings (SSSR count). The number of hydrogen-bond acceptors (Lipinski definition) is 6. The van der Waals surface area contributed by atoms with Crippen molar-refractivity contribution in [2.24, 2.45) is 0 Å². The molecule has 3 aliphatic heterocycles. The average molecular weight is 510 g/mol. The second kappa shape index (κ2) is 10.4. The number of carbonyl (C=O) groups excluding carboxylic acids is 3. The lowest BCUT2D eigenvalue weighted by Gasteiger charge is -2.32. The Balaban J connectivity index is 1.06. The van der Waals surface area contributed by atoms with Crippen molar-refractivity contribution in [3.8, 4) is 0 Å². The predicted molar refractivity (Wildman–Crippen MR) is 144 cm³/mol. The number of nitrogens with one attached hydrogen (secondary N) is 2. The number of piperidine rings is 2. The van der Waals surface area contributed by atoms with Crippen LogP contribution in [-0.2, 0) is 22.7 Å². The van der Waals surface area contributed by atoms with Crippen molar-refractivity contribution < 1.29 is 14.4 Å². The normalized spacial score (nSPS) is 20.4. The van der Waals surface area contributed by atoms with Gasteiger partial charge in [-0.1, -0.05) is 30.3 Å². The van der Waals surface area contributed by atoms with Gasteiger partial charge in [0.1, 0.15) is 11.9 Å². The van der Waals surface area contributed by atoms with Crippen LogP contribution in [0.3, 0.4) is 0 Å². The van der Waals surface area contributed by atoms with Gasteiger partial charge in [-0.05, 0) is 85.3 Å². The van der Waals surface area contributed by atoms with E-state index in [2.05, 4.69) is 56.9 Å². The third kappa shape index (κ3) is 5.04. The molecule has 0 aliphatic carbocycles. The Morgan fingerprint density at radius 1 is 0.947 bits per heavy atom. The molecule has 0 saturated carbocycles. The highest BCUT2D eigenvalue weighted by Crippen LogP contribution is 2.34. The summed E-state index contributed by atoms with van der Waals surface area (Å²) < 4.78 is 0. The van der Waals surface area contributed by atoms with Gasteiger partial charge in [-0.3, -0.25) is 24.6 Å². The molecule has 8 heteroatoms. The molecule has 3 aromatic rings. The van der Waals surface area contributed by atoms with Crippen LogP contribution < -0.4 is 10.6 Å². The molecule has 0 radical (unpaired) electrons. The Morgan fingerprint density at radius 3 is 2.61 bits per heavy atom. The fraction of sp³-hybridized carbons (Fsp3) is 0.333. The molecule has 2 saturated heterocycles. The first-order valence-electron chi connectivity index (χ1n) is 13.3. The van der Waals surface area contributed by atoms with Crippen LogP contribution >= 0.6 is 0 Å². The van der Waals surface area contributed by atoms with Crippen LogP contribution in [-0.4, -0.2) is 51.6 Å². The number of carbonyl (C=O) groups is 3. The Hall–Kier alpha value is -4.04. The number of anilines is 2. The third-order valence-corrected chi connectivity index (χ3v) is 7.88. The van der Waals surface area contributed by atoms with Gasteiger partial charge in [0.25, 0.3) is 5.91 Å². The zero-order valence-corrected chi connectivity index (χ0v) is 21.2. The molecule has 1 aromatic heterocycles. The Kier molecular flexibility index (Phi) is 6.64. The summed E-state index contributed by atoms with van der Waals surface area (Å²) >= 11 is 0. The quantitative estimate of drug-likeness (QED) is 0.489. The number of fused-ring (bicyclic) bond motifs is 1. The number of rotatable bonds is 6. The number of hydrogen-bond donors (Lipinski definition) is 2. The van der Waals surface area contributed by atoms with E-state index in [0.717, 1.165) is 49.5 Å². The largest absolute Gasteiger partial charge is 0.340 e. The van der Waals surface area contributed by atoms with Crippen LogP contribution in [0.5, 0.6) is 0 Å². The lowest BCUT2D eigenvalue weighted by molar-refractivity contribution is -0.136. The summed E-state index contributed by atoms with van der Waals surface area (Å²) in [5.74, 6) is 0.539. The van der Waals surface area contributed by atoms with Crippen molar-refractivity contribution in [3.63, 3.8) is 0 Å². The van der Waals surface area contributed by atoms with Gasteiger partial charge in [0.05, 0.1) is 0 Å². The maximum Gasteiger partial charge on any atom is 0.255 e. The minimum atomic E-state index is -0.572. The van der Waals surface area contributed by atoms with E-state index in [1.54, 1.807) is 11.1 Å². The molecular formula is C30H31N5O3. The molecular weight excluding hydrogens is 478 g/mol. The average Bonchev–Trinajstić information content (AvgIpc) is 3.25. The maximum atomic E-state index is 13.0. The van der Waals surface area contributed by atoms with Crippen LogP contribution in [0.15, 0.2) is 66.9 Å². The molecule has 38 heavy (non-hydrogen) atoms. The number of nitrogens with zero attached hydrogens (tertiary/aromatic N) is 3. The van der Waals surface area contributed by atoms with Gasteiger partial charge in [0.15, 0.2) is 0 Å². The van der Waals surface area contributed by atoms with Crippen LogP contribution in [0.2, 0.25) is 0 Å². The summed E-state index contributed by atoms with van der Waals surface area (Å²) in [6, 6.07) is 19.9. The van der Waals surface area contributed by atoms with E-state index in [0.29, 0.717) is 24.4 Å². The Morgan fingerprint density at radius 2 is 1.82 bits per heavy atom. The second-order valence-electron chi connectivity index (χ2n) is 10.4. The predicted octanol–water partition coefficient (Wildman–Crippen LogP) is 3.97. The van der Waals surface area contributed by atoms with E-state index in [-0.39, 0.29) is 24.1 Å². The topological polar surface area (TPSA) is 94.6 Å². The van der Waals surface area contributed by atoms with Crippen molar-refractivity contribution >= 4 is 29.2 Å². The van der Waals surface area contributed by atoms with E-state index >= 15 is 0 Å². The first kappa shape index (κ1) is 24.3. The lowest BCUT2D eigenvalue weighted by Crippen LogP contribution is -2.52. The molecule has 3 amide bonds. The first-order chi connectivity index (χ1) is 18.5. The van der Waals surface area contributed by atoms with E-state index in [1.807, 2.05) is 24.3 Å². The molecule has 1 unspecified atom stereocenters. The summed E-state index contributed by atoms with van der Waals surface area (Å²) in [5.41, 5.74) is 5.24. The fourth-order valence-electron chi connectivity index (χ4n) is 5.86. The number of imide groups is 1. The van der Waals surface area contributed by atoms with Crippen molar-refractivity contribution in [2.75, 3.05) is 18.4 Å². The molecule has 2 fully saturated rings. The summed E-state index contributed by atoms with van der Waals surface area (Å²) in [7, 11) is 0. The lowest BCUT2D eigenvalue weighted by atomic mass is 9.87. The zero-order valence-electron chi connectivity index (χ0n) is 21.2. The smallest absolute Gasteiger partial charge is 0.255 e. The Bertz CT molecular complexity index is 1370. The SMILES string of the molecule is O=C1CCC(N2Cc3cc(C4CCN(Cc5cccc(Nc6ccccn6)c5)CC4)ccc3C2=O)C(=O)N1. The van der Waals surface area contributed by atoms with Crippen LogP contribution in [0.4, 0.5) is 11.5 Å². The monoisotopic (exact) mass is 509 g/mol. The summed E-state index contributed by atoms with van der Waals surface area (Å²) in [6.07, 6.45) is 4.57. The van der Waals surface area contributed by atoms with Crippen molar-refractivity contribution in [2.45, 2.75) is 50.7 Å². The third-order valence-electron chi connectivity index (χ3n) is 7.88. The number of pyridine rings is 1. The van der Waals surface area contributed by atoms with Crippen LogP contribution in [0, 0.1) is 0 Å². The van der Waals surface area contributed by atoms with E-state index in [1.165, 1.54) is 11.1 Å². The molecule has 4 heterocycles. The highest BCUT2D eigenvalue weighted by atomic mass is 16.2. The number of amides is 3. The molecule has 1 atom stereocenters. The van der Waals surface area contributed by atoms with Gasteiger partial charge in [-0.15, -0.1) is 0 Å². The van der Waals surface area contributed by atoms with Crippen molar-refractivity contribution in [1.82, 2.24) is 20.1 Å². The minimum absolute atomic E-state index is 0.115. The standard InChI is InChI=1S/C30H31N5O3/c36-28-10-9-26(29(37)33-28)35-19-23-17-22(7-8-25(23)30(35)38)21-11-14-34(15-12-21)18-20-4-3-5-24(16-20)32-27-6-1-2-13-31-27/h1-8,13,16-17,21,26H,9-12,14-15,18-19H2,(H,31,32)(H,33,36,37). The van der Waals surface area contributed by atoms with Crippen molar-refractivity contribution in [3.05, 3.63) is 89.1 Å². The van der Waals surface area contributed by atoms with Gasteiger partial charge in [-0.2, -0.15) is 0 Å². The number of benzene rings is 2. The highest BCUT2D eigenvalue weighted by molar-refractivity contribution is 6.05. The molecule has 0 bridgehead atoms. The number of likely N-dealkylation sites (tertiary alicyclic amines) is 1. The van der Waals surface area contributed by atoms with E-state index < -0.39 is 6.04 Å². The van der Waals surface area contributed by atoms with E-state index in [4.69, 9.17) is 0 Å². The minimum Gasteiger partial charge on any atom is -0.340 e. The molecule has 3 aliphatic rings. The fourth-order valence-corrected chi connectivity index (χ4v) is 5.86. The summed E-state index contributed by atoms with van der Waals surface area (Å²) in [6.45, 7) is 3.36. The van der Waals surface area contributed by atoms with Gasteiger partial charge < -0.3 is 10.2 Å². The summed E-state index contributed by atoms with van der Waals surface area (Å²) in [5, 5.41) is 5.74. The molecule has 194 valence electrons. The van der Waals surface area contributed by atoms with Gasteiger partial charge in [0.2, 0.25) is 11.8 Å².